The Balaban J connectivity index is 2.27. The van der Waals surface area contributed by atoms with Gasteiger partial charge in [0, 0.05) is 18.7 Å². The summed E-state index contributed by atoms with van der Waals surface area (Å²) in [7, 11) is 0. The molecule has 1 aromatic carbocycles. The van der Waals surface area contributed by atoms with E-state index in [0.717, 1.165) is 25.3 Å². The number of amides is 1. The zero-order valence-corrected chi connectivity index (χ0v) is 11.9. The molecule has 1 unspecified atom stereocenters. The number of aliphatic carboxylic acids is 1. The van der Waals surface area contributed by atoms with Crippen LogP contribution in [0.5, 0.6) is 0 Å². The molecule has 1 aliphatic rings. The van der Waals surface area contributed by atoms with Crippen LogP contribution in [0.25, 0.3) is 6.08 Å². The summed E-state index contributed by atoms with van der Waals surface area (Å²) in [5, 5.41) is 8.61. The second-order valence-electron chi connectivity index (χ2n) is 5.11. The fourth-order valence-electron chi connectivity index (χ4n) is 2.66. The Morgan fingerprint density at radius 2 is 2.24 bits per heavy atom. The largest absolute Gasteiger partial charge is 0.478 e. The quantitative estimate of drug-likeness (QED) is 0.868. The van der Waals surface area contributed by atoms with Crippen LogP contribution in [-0.2, 0) is 4.79 Å². The van der Waals surface area contributed by atoms with Gasteiger partial charge in [0.05, 0.1) is 5.56 Å². The molecule has 2 rings (SSSR count). The van der Waals surface area contributed by atoms with Crippen LogP contribution in [0.1, 0.15) is 42.1 Å². The highest BCUT2D eigenvalue weighted by Crippen LogP contribution is 2.24. The number of hydrogen-bond acceptors (Lipinski definition) is 2. The fraction of sp³-hybridized carbons (Fsp3) is 0.375. The third kappa shape index (κ3) is 3.48. The second kappa shape index (κ2) is 6.52. The minimum Gasteiger partial charge on any atom is -0.478 e. The molecule has 5 heteroatoms. The molecule has 1 atom stereocenters. The predicted octanol–water partition coefficient (Wildman–Crippen LogP) is 2.94. The van der Waals surface area contributed by atoms with Gasteiger partial charge < -0.3 is 10.0 Å². The highest BCUT2D eigenvalue weighted by atomic mass is 19.1. The predicted molar refractivity (Wildman–Crippen MR) is 77.4 cm³/mol. The molecule has 1 heterocycles. The molecule has 0 aromatic heterocycles. The Morgan fingerprint density at radius 1 is 1.48 bits per heavy atom. The molecule has 1 amide bonds. The number of rotatable bonds is 4. The molecule has 0 bridgehead atoms. The van der Waals surface area contributed by atoms with Crippen molar-refractivity contribution >= 4 is 18.0 Å². The fourth-order valence-corrected chi connectivity index (χ4v) is 2.66. The zero-order valence-electron chi connectivity index (χ0n) is 11.9. The molecule has 4 nitrogen and oxygen atoms in total. The van der Waals surface area contributed by atoms with E-state index < -0.39 is 11.8 Å². The van der Waals surface area contributed by atoms with Gasteiger partial charge in [-0.2, -0.15) is 0 Å². The van der Waals surface area contributed by atoms with Crippen LogP contribution in [0.15, 0.2) is 24.3 Å². The van der Waals surface area contributed by atoms with Gasteiger partial charge in [-0.05, 0) is 43.0 Å². The minimum atomic E-state index is -1.09. The molecule has 0 spiro atoms. The number of hydrogen-bond donors (Lipinski definition) is 1. The van der Waals surface area contributed by atoms with Gasteiger partial charge in [-0.3, -0.25) is 4.79 Å². The Morgan fingerprint density at radius 3 is 2.90 bits per heavy atom. The van der Waals surface area contributed by atoms with Crippen molar-refractivity contribution in [3.63, 3.8) is 0 Å². The third-order valence-corrected chi connectivity index (χ3v) is 3.75. The Bertz CT molecular complexity index is 583. The molecule has 112 valence electrons. The number of likely N-dealkylation sites (tertiary alicyclic amines) is 1. The van der Waals surface area contributed by atoms with Crippen molar-refractivity contribution < 1.29 is 19.1 Å². The van der Waals surface area contributed by atoms with Crippen molar-refractivity contribution in [2.75, 3.05) is 6.54 Å². The molecule has 1 N–H and O–H groups in total. The summed E-state index contributed by atoms with van der Waals surface area (Å²) in [4.78, 5) is 24.7. The maximum absolute atomic E-state index is 13.9. The highest BCUT2D eigenvalue weighted by Gasteiger charge is 2.29. The van der Waals surface area contributed by atoms with Gasteiger partial charge >= 0.3 is 5.97 Å². The Hall–Kier alpha value is -2.17. The molecule has 0 radical (unpaired) electrons. The lowest BCUT2D eigenvalue weighted by Gasteiger charge is -2.24. The van der Waals surface area contributed by atoms with Crippen molar-refractivity contribution in [2.24, 2.45) is 0 Å². The van der Waals surface area contributed by atoms with Crippen LogP contribution < -0.4 is 0 Å². The molecular weight excluding hydrogens is 273 g/mol. The van der Waals surface area contributed by atoms with Crippen molar-refractivity contribution in [1.29, 1.82) is 0 Å². The van der Waals surface area contributed by atoms with Crippen LogP contribution >= 0.6 is 0 Å². The van der Waals surface area contributed by atoms with Crippen LogP contribution in [-0.4, -0.2) is 34.5 Å². The molecule has 1 fully saturated rings. The number of carboxylic acids is 1. The second-order valence-corrected chi connectivity index (χ2v) is 5.11. The first-order chi connectivity index (χ1) is 10.0. The van der Waals surface area contributed by atoms with Crippen LogP contribution in [0.2, 0.25) is 0 Å². The van der Waals surface area contributed by atoms with Gasteiger partial charge in [-0.25, -0.2) is 9.18 Å². The SMILES string of the molecule is CCC1CCCN1C(=O)c1cc(C=CC(=O)O)ccc1F. The molecule has 21 heavy (non-hydrogen) atoms. The van der Waals surface area contributed by atoms with Gasteiger partial charge in [0.1, 0.15) is 5.82 Å². The molecule has 1 aliphatic heterocycles. The minimum absolute atomic E-state index is 0.00267. The Kier molecular flexibility index (Phi) is 4.73. The normalized spacial score (nSPS) is 18.4. The summed E-state index contributed by atoms with van der Waals surface area (Å²) < 4.78 is 13.9. The summed E-state index contributed by atoms with van der Waals surface area (Å²) >= 11 is 0. The van der Waals surface area contributed by atoms with E-state index in [4.69, 9.17) is 5.11 Å². The van der Waals surface area contributed by atoms with E-state index in [1.807, 2.05) is 6.92 Å². The maximum Gasteiger partial charge on any atom is 0.328 e. The lowest BCUT2D eigenvalue weighted by molar-refractivity contribution is -0.131. The number of carboxylic acid groups (broad SMARTS) is 1. The summed E-state index contributed by atoms with van der Waals surface area (Å²) in [6.45, 7) is 2.66. The first-order valence-corrected chi connectivity index (χ1v) is 7.04. The summed E-state index contributed by atoms with van der Waals surface area (Å²) in [6, 6.07) is 4.22. The van der Waals surface area contributed by atoms with Crippen LogP contribution in [0.3, 0.4) is 0 Å². The van der Waals surface area contributed by atoms with Crippen molar-refractivity contribution in [2.45, 2.75) is 32.2 Å². The van der Waals surface area contributed by atoms with Crippen LogP contribution in [0, 0.1) is 5.82 Å². The lowest BCUT2D eigenvalue weighted by Crippen LogP contribution is -2.35. The molecule has 0 aliphatic carbocycles. The van der Waals surface area contributed by atoms with E-state index in [2.05, 4.69) is 0 Å². The first-order valence-electron chi connectivity index (χ1n) is 7.04. The number of benzene rings is 1. The van der Waals surface area contributed by atoms with E-state index >= 15 is 0 Å². The monoisotopic (exact) mass is 291 g/mol. The van der Waals surface area contributed by atoms with Gasteiger partial charge in [0.15, 0.2) is 0 Å². The van der Waals surface area contributed by atoms with Crippen molar-refractivity contribution in [1.82, 2.24) is 4.90 Å². The van der Waals surface area contributed by atoms with E-state index in [1.54, 1.807) is 4.90 Å². The van der Waals surface area contributed by atoms with Gasteiger partial charge in [0.25, 0.3) is 5.91 Å². The topological polar surface area (TPSA) is 57.6 Å². The Labute approximate surface area is 122 Å². The molecular formula is C16H18FNO3. The smallest absolute Gasteiger partial charge is 0.328 e. The summed E-state index contributed by atoms with van der Waals surface area (Å²) in [6.07, 6.45) is 5.05. The van der Waals surface area contributed by atoms with E-state index in [-0.39, 0.29) is 17.5 Å². The zero-order chi connectivity index (χ0) is 15.4. The van der Waals surface area contributed by atoms with Crippen LogP contribution in [0.4, 0.5) is 4.39 Å². The number of halogens is 1. The maximum atomic E-state index is 13.9. The molecule has 1 aromatic rings. The van der Waals surface area contributed by atoms with Gasteiger partial charge in [0.2, 0.25) is 0 Å². The van der Waals surface area contributed by atoms with E-state index in [0.29, 0.717) is 12.1 Å². The third-order valence-electron chi connectivity index (χ3n) is 3.75. The lowest BCUT2D eigenvalue weighted by atomic mass is 10.1. The summed E-state index contributed by atoms with van der Waals surface area (Å²) in [5.74, 6) is -1.98. The molecule has 1 saturated heterocycles. The molecule has 0 saturated carbocycles. The number of carbonyl (C=O) groups is 2. The van der Waals surface area contributed by atoms with E-state index in [1.165, 1.54) is 24.3 Å². The standard InChI is InChI=1S/C16H18FNO3/c1-2-12-4-3-9-18(12)16(21)13-10-11(5-7-14(13)17)6-8-15(19)20/h5-8,10,12H,2-4,9H2,1H3,(H,19,20). The van der Waals surface area contributed by atoms with Crippen molar-refractivity contribution in [3.8, 4) is 0 Å². The average Bonchev–Trinajstić information content (AvgIpc) is 2.94. The average molecular weight is 291 g/mol. The van der Waals surface area contributed by atoms with Gasteiger partial charge in [-0.1, -0.05) is 13.0 Å². The van der Waals surface area contributed by atoms with E-state index in [9.17, 15) is 14.0 Å². The van der Waals surface area contributed by atoms with Gasteiger partial charge in [-0.15, -0.1) is 0 Å². The summed E-state index contributed by atoms with van der Waals surface area (Å²) in [5.41, 5.74) is 0.497. The first kappa shape index (κ1) is 15.2. The number of carbonyl (C=O) groups excluding carboxylic acids is 1. The van der Waals surface area contributed by atoms with Crippen molar-refractivity contribution in [3.05, 3.63) is 41.2 Å². The number of nitrogens with zero attached hydrogens (tertiary/aromatic N) is 1. The highest BCUT2D eigenvalue weighted by molar-refractivity contribution is 5.95.